The van der Waals surface area contributed by atoms with E-state index in [1.807, 2.05) is 63.2 Å². The molecular weight excluding hydrogens is 338 g/mol. The van der Waals surface area contributed by atoms with Crippen molar-refractivity contribution in [3.63, 3.8) is 0 Å². The highest BCUT2D eigenvalue weighted by molar-refractivity contribution is 5.94. The summed E-state index contributed by atoms with van der Waals surface area (Å²) in [7, 11) is 1.78. The zero-order valence-electron chi connectivity index (χ0n) is 16.8. The number of amides is 2. The van der Waals surface area contributed by atoms with Crippen molar-refractivity contribution in [3.05, 3.63) is 64.7 Å². The fraction of sp³-hybridized carbons (Fsp3) is 0.364. The van der Waals surface area contributed by atoms with Gasteiger partial charge in [-0.3, -0.25) is 14.5 Å². The lowest BCUT2D eigenvalue weighted by Gasteiger charge is -2.24. The summed E-state index contributed by atoms with van der Waals surface area (Å²) in [6, 6.07) is 13.4. The van der Waals surface area contributed by atoms with Gasteiger partial charge in [-0.25, -0.2) is 0 Å². The van der Waals surface area contributed by atoms with Gasteiger partial charge in [0, 0.05) is 12.2 Å². The highest BCUT2D eigenvalue weighted by atomic mass is 16.2. The van der Waals surface area contributed by atoms with Gasteiger partial charge in [-0.2, -0.15) is 0 Å². The van der Waals surface area contributed by atoms with Crippen molar-refractivity contribution in [2.24, 2.45) is 0 Å². The Morgan fingerprint density at radius 3 is 2.22 bits per heavy atom. The van der Waals surface area contributed by atoms with Gasteiger partial charge >= 0.3 is 0 Å². The lowest BCUT2D eigenvalue weighted by molar-refractivity contribution is -0.126. The number of carbonyl (C=O) groups excluding carboxylic acids is 2. The molecule has 0 saturated heterocycles. The minimum absolute atomic E-state index is 0.100. The first-order valence-corrected chi connectivity index (χ1v) is 9.17. The minimum Gasteiger partial charge on any atom is -0.351 e. The monoisotopic (exact) mass is 367 g/mol. The van der Waals surface area contributed by atoms with Crippen LogP contribution in [0, 0.1) is 20.8 Å². The third-order valence-electron chi connectivity index (χ3n) is 4.68. The maximum atomic E-state index is 12.4. The van der Waals surface area contributed by atoms with Crippen LogP contribution in [0.4, 0.5) is 5.69 Å². The van der Waals surface area contributed by atoms with Gasteiger partial charge < -0.3 is 10.6 Å². The van der Waals surface area contributed by atoms with Crippen LogP contribution in [0.25, 0.3) is 0 Å². The average Bonchev–Trinajstić information content (AvgIpc) is 2.62. The van der Waals surface area contributed by atoms with Gasteiger partial charge in [-0.1, -0.05) is 48.0 Å². The molecule has 1 unspecified atom stereocenters. The molecule has 2 amide bonds. The molecule has 0 fully saturated rings. The first-order chi connectivity index (χ1) is 12.8. The van der Waals surface area contributed by atoms with Crippen molar-refractivity contribution in [2.75, 3.05) is 18.9 Å². The van der Waals surface area contributed by atoms with Crippen molar-refractivity contribution in [3.8, 4) is 0 Å². The number of rotatable bonds is 7. The fourth-order valence-electron chi connectivity index (χ4n) is 3.05. The van der Waals surface area contributed by atoms with Crippen LogP contribution >= 0.6 is 0 Å². The number of nitrogens with one attached hydrogen (secondary N) is 2. The SMILES string of the molecule is Cc1cc(C)c(NC(=O)CN(C)C(C)C(=O)NCc2ccccc2)c(C)c1. The molecule has 2 aromatic carbocycles. The van der Waals surface area contributed by atoms with Crippen LogP contribution in [0.15, 0.2) is 42.5 Å². The number of hydrogen-bond donors (Lipinski definition) is 2. The normalized spacial score (nSPS) is 11.9. The van der Waals surface area contributed by atoms with E-state index in [2.05, 4.69) is 10.6 Å². The van der Waals surface area contributed by atoms with Crippen LogP contribution in [0.1, 0.15) is 29.2 Å². The van der Waals surface area contributed by atoms with Gasteiger partial charge in [0.15, 0.2) is 0 Å². The van der Waals surface area contributed by atoms with Crippen LogP contribution in [0.3, 0.4) is 0 Å². The molecule has 27 heavy (non-hydrogen) atoms. The summed E-state index contributed by atoms with van der Waals surface area (Å²) in [5.41, 5.74) is 5.14. The summed E-state index contributed by atoms with van der Waals surface area (Å²) < 4.78 is 0. The number of carbonyl (C=O) groups is 2. The molecule has 0 bridgehead atoms. The molecule has 2 aromatic rings. The molecule has 144 valence electrons. The third-order valence-corrected chi connectivity index (χ3v) is 4.68. The smallest absolute Gasteiger partial charge is 0.238 e. The van der Waals surface area contributed by atoms with Crippen LogP contribution in [-0.4, -0.2) is 36.3 Å². The molecule has 0 aliphatic carbocycles. The van der Waals surface area contributed by atoms with E-state index in [1.165, 1.54) is 5.56 Å². The Balaban J connectivity index is 1.88. The molecule has 5 nitrogen and oxygen atoms in total. The van der Waals surface area contributed by atoms with Gasteiger partial charge in [0.2, 0.25) is 11.8 Å². The van der Waals surface area contributed by atoms with Gasteiger partial charge in [-0.05, 0) is 51.4 Å². The first-order valence-electron chi connectivity index (χ1n) is 9.17. The Bertz CT molecular complexity index is 779. The van der Waals surface area contributed by atoms with E-state index < -0.39 is 6.04 Å². The Labute approximate surface area is 161 Å². The predicted octanol–water partition coefficient (Wildman–Crippen LogP) is 3.19. The second-order valence-electron chi connectivity index (χ2n) is 7.12. The van der Waals surface area contributed by atoms with Crippen LogP contribution < -0.4 is 10.6 Å². The number of aryl methyl sites for hydroxylation is 3. The quantitative estimate of drug-likeness (QED) is 0.790. The van der Waals surface area contributed by atoms with Crippen LogP contribution in [0.2, 0.25) is 0 Å². The molecule has 2 N–H and O–H groups in total. The molecule has 0 spiro atoms. The van der Waals surface area contributed by atoms with E-state index in [0.717, 1.165) is 22.4 Å². The third kappa shape index (κ3) is 5.93. The maximum absolute atomic E-state index is 12.4. The standard InChI is InChI=1S/C22H29N3O2/c1-15-11-16(2)21(17(3)12-15)24-20(26)14-25(5)18(4)22(27)23-13-19-9-7-6-8-10-19/h6-12,18H,13-14H2,1-5H3,(H,23,27)(H,24,26). The highest BCUT2D eigenvalue weighted by Gasteiger charge is 2.20. The largest absolute Gasteiger partial charge is 0.351 e. The second-order valence-corrected chi connectivity index (χ2v) is 7.12. The van der Waals surface area contributed by atoms with E-state index in [-0.39, 0.29) is 18.4 Å². The van der Waals surface area contributed by atoms with E-state index in [0.29, 0.717) is 6.54 Å². The molecule has 1 atom stereocenters. The number of benzene rings is 2. The molecule has 0 aliphatic rings. The van der Waals surface area contributed by atoms with Crippen molar-refractivity contribution in [1.82, 2.24) is 10.2 Å². The van der Waals surface area contributed by atoms with Gasteiger partial charge in [0.25, 0.3) is 0 Å². The van der Waals surface area contributed by atoms with Crippen LogP contribution in [0.5, 0.6) is 0 Å². The Hall–Kier alpha value is -2.66. The van der Waals surface area contributed by atoms with Crippen LogP contribution in [-0.2, 0) is 16.1 Å². The molecular formula is C22H29N3O2. The van der Waals surface area contributed by atoms with Gasteiger partial charge in [0.1, 0.15) is 0 Å². The molecule has 0 radical (unpaired) electrons. The zero-order valence-corrected chi connectivity index (χ0v) is 16.8. The lowest BCUT2D eigenvalue weighted by Crippen LogP contribution is -2.45. The minimum atomic E-state index is -0.403. The van der Waals surface area contributed by atoms with E-state index in [1.54, 1.807) is 18.9 Å². The average molecular weight is 367 g/mol. The zero-order chi connectivity index (χ0) is 20.0. The van der Waals surface area contributed by atoms with E-state index >= 15 is 0 Å². The summed E-state index contributed by atoms with van der Waals surface area (Å²) in [4.78, 5) is 26.5. The molecule has 2 rings (SSSR count). The number of likely N-dealkylation sites (N-methyl/N-ethyl adjacent to an activating group) is 1. The van der Waals surface area contributed by atoms with E-state index in [4.69, 9.17) is 0 Å². The molecule has 5 heteroatoms. The predicted molar refractivity (Wildman–Crippen MR) is 110 cm³/mol. The van der Waals surface area contributed by atoms with Crippen molar-refractivity contribution in [1.29, 1.82) is 0 Å². The number of anilines is 1. The fourth-order valence-corrected chi connectivity index (χ4v) is 3.05. The summed E-state index contributed by atoms with van der Waals surface area (Å²) in [6.45, 7) is 8.43. The second kappa shape index (κ2) is 9.33. The molecule has 0 saturated carbocycles. The first kappa shape index (κ1) is 20.6. The topological polar surface area (TPSA) is 61.4 Å². The molecule has 0 heterocycles. The van der Waals surface area contributed by atoms with Gasteiger partial charge in [0.05, 0.1) is 12.6 Å². The van der Waals surface area contributed by atoms with Crippen molar-refractivity contribution < 1.29 is 9.59 Å². The molecule has 0 aliphatic heterocycles. The lowest BCUT2D eigenvalue weighted by atomic mass is 10.1. The Morgan fingerprint density at radius 2 is 1.63 bits per heavy atom. The Morgan fingerprint density at radius 1 is 1.04 bits per heavy atom. The summed E-state index contributed by atoms with van der Waals surface area (Å²) in [6.07, 6.45) is 0. The van der Waals surface area contributed by atoms with Gasteiger partial charge in [-0.15, -0.1) is 0 Å². The number of nitrogens with zero attached hydrogens (tertiary/aromatic N) is 1. The number of hydrogen-bond acceptors (Lipinski definition) is 3. The highest BCUT2D eigenvalue weighted by Crippen LogP contribution is 2.21. The van der Waals surface area contributed by atoms with E-state index in [9.17, 15) is 9.59 Å². The summed E-state index contributed by atoms with van der Waals surface area (Å²) in [5.74, 6) is -0.230. The Kier molecular flexibility index (Phi) is 7.13. The summed E-state index contributed by atoms with van der Waals surface area (Å²) >= 11 is 0. The van der Waals surface area contributed by atoms with Crippen molar-refractivity contribution in [2.45, 2.75) is 40.3 Å². The summed E-state index contributed by atoms with van der Waals surface area (Å²) in [5, 5.41) is 5.89. The maximum Gasteiger partial charge on any atom is 0.238 e. The molecule has 0 aromatic heterocycles. The van der Waals surface area contributed by atoms with Crippen molar-refractivity contribution >= 4 is 17.5 Å².